The van der Waals surface area contributed by atoms with Gasteiger partial charge in [0.15, 0.2) is 0 Å². The molecule has 1 aromatic carbocycles. The van der Waals surface area contributed by atoms with E-state index < -0.39 is 0 Å². The largest absolute Gasteiger partial charge is 0.307 e. The highest BCUT2D eigenvalue weighted by atomic mass is 79.9. The van der Waals surface area contributed by atoms with Gasteiger partial charge in [-0.1, -0.05) is 29.8 Å². The minimum Gasteiger partial charge on any atom is -0.307 e. The smallest absolute Gasteiger partial charge is 0.0542 e. The highest BCUT2D eigenvalue weighted by Crippen LogP contribution is 2.14. The summed E-state index contributed by atoms with van der Waals surface area (Å²) in [6.45, 7) is 1.48. The third-order valence-corrected chi connectivity index (χ3v) is 3.21. The molecule has 0 fully saturated rings. The number of aromatic nitrogens is 1. The molecule has 0 saturated carbocycles. The Labute approximate surface area is 114 Å². The minimum absolute atomic E-state index is 0.735. The van der Waals surface area contributed by atoms with Gasteiger partial charge in [-0.3, -0.25) is 4.98 Å². The second-order valence-corrected chi connectivity index (χ2v) is 4.99. The fourth-order valence-corrected chi connectivity index (χ4v) is 1.92. The highest BCUT2D eigenvalue weighted by Gasteiger charge is 1.99. The zero-order valence-corrected chi connectivity index (χ0v) is 11.5. The molecule has 2 nitrogen and oxygen atoms in total. The monoisotopic (exact) mass is 310 g/mol. The number of nitrogens with zero attached hydrogens (tertiary/aromatic N) is 1. The predicted octanol–water partition coefficient (Wildman–Crippen LogP) is 3.79. The Kier molecular flexibility index (Phi) is 4.54. The molecule has 88 valence electrons. The second kappa shape index (κ2) is 6.15. The van der Waals surface area contributed by atoms with E-state index >= 15 is 0 Å². The van der Waals surface area contributed by atoms with E-state index in [1.807, 2.05) is 36.4 Å². The highest BCUT2D eigenvalue weighted by molar-refractivity contribution is 9.10. The molecule has 1 heterocycles. The Morgan fingerprint density at radius 1 is 1.12 bits per heavy atom. The van der Waals surface area contributed by atoms with Crippen LogP contribution in [0, 0.1) is 0 Å². The van der Waals surface area contributed by atoms with E-state index in [1.165, 1.54) is 0 Å². The van der Waals surface area contributed by atoms with Crippen molar-refractivity contribution < 1.29 is 0 Å². The van der Waals surface area contributed by atoms with Crippen LogP contribution in [0.15, 0.2) is 47.1 Å². The van der Waals surface area contributed by atoms with Gasteiger partial charge in [0.1, 0.15) is 0 Å². The van der Waals surface area contributed by atoms with Crippen LogP contribution >= 0.6 is 27.5 Å². The van der Waals surface area contributed by atoms with Crippen molar-refractivity contribution in [3.8, 4) is 0 Å². The molecule has 0 bridgehead atoms. The summed E-state index contributed by atoms with van der Waals surface area (Å²) in [7, 11) is 0. The lowest BCUT2D eigenvalue weighted by atomic mass is 10.2. The summed E-state index contributed by atoms with van der Waals surface area (Å²) in [4.78, 5) is 4.29. The molecule has 0 radical (unpaired) electrons. The lowest BCUT2D eigenvalue weighted by molar-refractivity contribution is 0.679. The summed E-state index contributed by atoms with van der Waals surface area (Å²) in [5, 5.41) is 4.11. The SMILES string of the molecule is Clc1ccccc1CNCc1ccc(Br)cn1. The molecule has 0 amide bonds. The molecule has 0 aliphatic rings. The van der Waals surface area contributed by atoms with Gasteiger partial charge in [0, 0.05) is 28.8 Å². The molecular weight excluding hydrogens is 300 g/mol. The summed E-state index contributed by atoms with van der Waals surface area (Å²) in [6.07, 6.45) is 1.80. The van der Waals surface area contributed by atoms with Gasteiger partial charge in [-0.05, 0) is 39.7 Å². The molecule has 1 N–H and O–H groups in total. The molecule has 2 aromatic rings. The topological polar surface area (TPSA) is 24.9 Å². The van der Waals surface area contributed by atoms with E-state index in [9.17, 15) is 0 Å². The van der Waals surface area contributed by atoms with Crippen LogP contribution in [0.1, 0.15) is 11.3 Å². The zero-order chi connectivity index (χ0) is 12.1. The van der Waals surface area contributed by atoms with Crippen molar-refractivity contribution in [2.45, 2.75) is 13.1 Å². The number of hydrogen-bond acceptors (Lipinski definition) is 2. The van der Waals surface area contributed by atoms with Gasteiger partial charge >= 0.3 is 0 Å². The Balaban J connectivity index is 1.88. The summed E-state index contributed by atoms with van der Waals surface area (Å²) in [5.41, 5.74) is 2.12. The first-order chi connectivity index (χ1) is 8.25. The molecule has 17 heavy (non-hydrogen) atoms. The average Bonchev–Trinajstić information content (AvgIpc) is 2.34. The maximum absolute atomic E-state index is 6.06. The van der Waals surface area contributed by atoms with E-state index in [2.05, 4.69) is 26.2 Å². The van der Waals surface area contributed by atoms with Crippen molar-refractivity contribution in [1.29, 1.82) is 0 Å². The van der Waals surface area contributed by atoms with Crippen LogP contribution < -0.4 is 5.32 Å². The first-order valence-corrected chi connectivity index (χ1v) is 6.47. The van der Waals surface area contributed by atoms with Crippen molar-refractivity contribution >= 4 is 27.5 Å². The van der Waals surface area contributed by atoms with Crippen molar-refractivity contribution in [2.75, 3.05) is 0 Å². The quantitative estimate of drug-likeness (QED) is 0.929. The van der Waals surface area contributed by atoms with E-state index in [4.69, 9.17) is 11.6 Å². The molecule has 0 aliphatic heterocycles. The minimum atomic E-state index is 0.735. The molecule has 0 aliphatic carbocycles. The molecule has 2 rings (SSSR count). The standard InChI is InChI=1S/C13H12BrClN2/c14-11-5-6-12(17-8-11)9-16-7-10-3-1-2-4-13(10)15/h1-6,8,16H,7,9H2. The van der Waals surface area contributed by atoms with Crippen molar-refractivity contribution in [1.82, 2.24) is 10.3 Å². The third kappa shape index (κ3) is 3.80. The van der Waals surface area contributed by atoms with Crippen molar-refractivity contribution in [2.24, 2.45) is 0 Å². The molecule has 1 aromatic heterocycles. The van der Waals surface area contributed by atoms with E-state index in [-0.39, 0.29) is 0 Å². The number of benzene rings is 1. The lowest BCUT2D eigenvalue weighted by Gasteiger charge is -2.06. The molecule has 0 atom stereocenters. The summed E-state index contributed by atoms with van der Waals surface area (Å²) in [6, 6.07) is 11.8. The number of rotatable bonds is 4. The maximum Gasteiger partial charge on any atom is 0.0542 e. The first kappa shape index (κ1) is 12.6. The van der Waals surface area contributed by atoms with Crippen LogP contribution in [0.3, 0.4) is 0 Å². The predicted molar refractivity (Wildman–Crippen MR) is 73.9 cm³/mol. The van der Waals surface area contributed by atoms with Crippen molar-refractivity contribution in [3.05, 3.63) is 63.3 Å². The summed E-state index contributed by atoms with van der Waals surface area (Å²) >= 11 is 9.42. The molecule has 0 saturated heterocycles. The Bertz CT molecular complexity index is 485. The molecule has 4 heteroatoms. The van der Waals surface area contributed by atoms with Gasteiger partial charge in [0.05, 0.1) is 5.69 Å². The van der Waals surface area contributed by atoms with Crippen LogP contribution in [0.2, 0.25) is 5.02 Å². The Morgan fingerprint density at radius 2 is 1.94 bits per heavy atom. The van der Waals surface area contributed by atoms with Crippen LogP contribution in [-0.4, -0.2) is 4.98 Å². The van der Waals surface area contributed by atoms with Gasteiger partial charge < -0.3 is 5.32 Å². The van der Waals surface area contributed by atoms with Gasteiger partial charge in [-0.2, -0.15) is 0 Å². The average molecular weight is 312 g/mol. The second-order valence-electron chi connectivity index (χ2n) is 3.66. The van der Waals surface area contributed by atoms with E-state index in [1.54, 1.807) is 6.20 Å². The van der Waals surface area contributed by atoms with Gasteiger partial charge in [0.25, 0.3) is 0 Å². The summed E-state index contributed by atoms with van der Waals surface area (Å²) in [5.74, 6) is 0. The Morgan fingerprint density at radius 3 is 2.65 bits per heavy atom. The van der Waals surface area contributed by atoms with E-state index in [0.717, 1.165) is 33.8 Å². The zero-order valence-electron chi connectivity index (χ0n) is 9.16. The third-order valence-electron chi connectivity index (χ3n) is 2.37. The molecule has 0 unspecified atom stereocenters. The van der Waals surface area contributed by atoms with Gasteiger partial charge in [-0.25, -0.2) is 0 Å². The molecular formula is C13H12BrClN2. The van der Waals surface area contributed by atoms with Crippen LogP contribution in [0.5, 0.6) is 0 Å². The van der Waals surface area contributed by atoms with E-state index in [0.29, 0.717) is 0 Å². The number of pyridine rings is 1. The number of nitrogens with one attached hydrogen (secondary N) is 1. The maximum atomic E-state index is 6.06. The normalized spacial score (nSPS) is 10.5. The summed E-state index contributed by atoms with van der Waals surface area (Å²) < 4.78 is 0.993. The van der Waals surface area contributed by atoms with Gasteiger partial charge in [-0.15, -0.1) is 0 Å². The van der Waals surface area contributed by atoms with Gasteiger partial charge in [0.2, 0.25) is 0 Å². The molecule has 0 spiro atoms. The fraction of sp³-hybridized carbons (Fsp3) is 0.154. The Hall–Kier alpha value is -0.900. The number of halogens is 2. The first-order valence-electron chi connectivity index (χ1n) is 5.30. The van der Waals surface area contributed by atoms with Crippen LogP contribution in [0.4, 0.5) is 0 Å². The number of hydrogen-bond donors (Lipinski definition) is 1. The van der Waals surface area contributed by atoms with Crippen LogP contribution in [0.25, 0.3) is 0 Å². The van der Waals surface area contributed by atoms with Crippen molar-refractivity contribution in [3.63, 3.8) is 0 Å². The lowest BCUT2D eigenvalue weighted by Crippen LogP contribution is -2.13. The van der Waals surface area contributed by atoms with Crippen LogP contribution in [-0.2, 0) is 13.1 Å². The fourth-order valence-electron chi connectivity index (χ4n) is 1.48.